The first kappa shape index (κ1) is 37.4. The van der Waals surface area contributed by atoms with Gasteiger partial charge in [0.15, 0.2) is 0 Å². The van der Waals surface area contributed by atoms with Crippen molar-refractivity contribution in [1.29, 1.82) is 0 Å². The lowest BCUT2D eigenvalue weighted by molar-refractivity contribution is -0.137. The minimum atomic E-state index is -4.68. The molecule has 254 valence electrons. The van der Waals surface area contributed by atoms with Crippen LogP contribution in [0.2, 0.25) is 5.02 Å². The maximum Gasteiger partial charge on any atom is 0.416 e. The molecule has 0 radical (unpaired) electrons. The van der Waals surface area contributed by atoms with E-state index in [4.69, 9.17) is 11.6 Å². The van der Waals surface area contributed by atoms with Gasteiger partial charge >= 0.3 is 6.18 Å². The molecule has 0 spiro atoms. The zero-order valence-electron chi connectivity index (χ0n) is 27.3. The van der Waals surface area contributed by atoms with Gasteiger partial charge in [-0.25, -0.2) is 0 Å². The molecule has 1 atom stereocenters. The summed E-state index contributed by atoms with van der Waals surface area (Å²) in [5.74, 6) is -1.99. The van der Waals surface area contributed by atoms with E-state index in [9.17, 15) is 27.6 Å². The van der Waals surface area contributed by atoms with Crippen molar-refractivity contribution in [3.8, 4) is 0 Å². The van der Waals surface area contributed by atoms with Crippen molar-refractivity contribution in [2.45, 2.75) is 78.3 Å². The zero-order chi connectivity index (χ0) is 34.8. The third-order valence-corrected chi connectivity index (χ3v) is 7.52. The van der Waals surface area contributed by atoms with Gasteiger partial charge in [-0.2, -0.15) is 13.2 Å². The Morgan fingerprint density at radius 2 is 1.51 bits per heavy atom. The molecular formula is C35H43ClF3N5O3. The van der Waals surface area contributed by atoms with Gasteiger partial charge in [-0.1, -0.05) is 55.8 Å². The highest BCUT2D eigenvalue weighted by atomic mass is 35.5. The molecule has 0 heterocycles. The fourth-order valence-corrected chi connectivity index (χ4v) is 4.91. The predicted molar refractivity (Wildman–Crippen MR) is 179 cm³/mol. The monoisotopic (exact) mass is 673 g/mol. The SMILES string of the molecule is CCc1ccc(CNCC(NC(=O)CNC(=O)c2cc(C(F)(F)F)ccc2NCc2ccc(Cl)cc2)C(=O)NC(C)(C)C)c(CC)c1. The number of halogens is 4. The molecule has 0 aromatic heterocycles. The lowest BCUT2D eigenvalue weighted by atomic mass is 10.0. The third kappa shape index (κ3) is 11.9. The summed E-state index contributed by atoms with van der Waals surface area (Å²) in [5, 5.41) is 14.7. The van der Waals surface area contributed by atoms with Gasteiger partial charge in [-0.15, -0.1) is 0 Å². The van der Waals surface area contributed by atoms with E-state index in [0.717, 1.165) is 36.1 Å². The number of aryl methyl sites for hydroxylation is 2. The van der Waals surface area contributed by atoms with E-state index in [1.807, 2.05) is 20.8 Å². The summed E-state index contributed by atoms with van der Waals surface area (Å²) in [6.07, 6.45) is -2.91. The Labute approximate surface area is 279 Å². The number of alkyl halides is 3. The summed E-state index contributed by atoms with van der Waals surface area (Å²) in [6.45, 7) is 9.83. The molecule has 0 saturated heterocycles. The van der Waals surface area contributed by atoms with Gasteiger partial charge in [0.2, 0.25) is 11.8 Å². The number of rotatable bonds is 14. The predicted octanol–water partition coefficient (Wildman–Crippen LogP) is 6.01. The van der Waals surface area contributed by atoms with Crippen LogP contribution in [0.5, 0.6) is 0 Å². The first-order chi connectivity index (χ1) is 22.1. The molecule has 3 rings (SSSR count). The smallest absolute Gasteiger partial charge is 0.380 e. The number of nitrogens with one attached hydrogen (secondary N) is 5. The van der Waals surface area contributed by atoms with Crippen molar-refractivity contribution in [3.63, 3.8) is 0 Å². The number of benzene rings is 3. The minimum absolute atomic E-state index is 0.104. The second kappa shape index (κ2) is 16.6. The Hall–Kier alpha value is -4.09. The summed E-state index contributed by atoms with van der Waals surface area (Å²) in [7, 11) is 0. The molecule has 3 aromatic rings. The van der Waals surface area contributed by atoms with Crippen LogP contribution in [0.25, 0.3) is 0 Å². The molecule has 0 bridgehead atoms. The molecule has 47 heavy (non-hydrogen) atoms. The molecule has 12 heteroatoms. The molecule has 1 unspecified atom stereocenters. The van der Waals surface area contributed by atoms with Crippen molar-refractivity contribution in [2.75, 3.05) is 18.4 Å². The van der Waals surface area contributed by atoms with Crippen molar-refractivity contribution >= 4 is 35.0 Å². The number of carbonyl (C=O) groups excluding carboxylic acids is 3. The van der Waals surface area contributed by atoms with E-state index in [-0.39, 0.29) is 24.3 Å². The molecule has 0 aliphatic heterocycles. The summed E-state index contributed by atoms with van der Waals surface area (Å²) in [6, 6.07) is 14.9. The Morgan fingerprint density at radius 1 is 0.830 bits per heavy atom. The van der Waals surface area contributed by atoms with Crippen LogP contribution in [-0.2, 0) is 41.7 Å². The fourth-order valence-electron chi connectivity index (χ4n) is 4.78. The maximum absolute atomic E-state index is 13.5. The summed E-state index contributed by atoms with van der Waals surface area (Å²) in [5.41, 5.74) is 2.58. The van der Waals surface area contributed by atoms with Crippen molar-refractivity contribution in [1.82, 2.24) is 21.3 Å². The lowest BCUT2D eigenvalue weighted by Crippen LogP contribution is -2.56. The quantitative estimate of drug-likeness (QED) is 0.144. The van der Waals surface area contributed by atoms with E-state index >= 15 is 0 Å². The minimum Gasteiger partial charge on any atom is -0.380 e. The van der Waals surface area contributed by atoms with Crippen LogP contribution in [0.4, 0.5) is 18.9 Å². The standard InChI is InChI=1S/C35H43ClF3N5O3/c1-6-22-8-11-25(24(7-2)16-22)19-40-20-30(33(47)44-34(3,4)5)43-31(45)21-42-32(46)28-17-26(35(37,38)39)12-15-29(28)41-18-23-9-13-27(36)14-10-23/h8-17,30,40-41H,6-7,18-21H2,1-5H3,(H,42,46)(H,43,45)(H,44,47). The topological polar surface area (TPSA) is 111 Å². The van der Waals surface area contributed by atoms with Gasteiger partial charge in [0.05, 0.1) is 17.7 Å². The molecule has 0 aliphatic rings. The zero-order valence-corrected chi connectivity index (χ0v) is 28.1. The Bertz CT molecular complexity index is 1540. The van der Waals surface area contributed by atoms with Crippen LogP contribution >= 0.6 is 11.6 Å². The van der Waals surface area contributed by atoms with Gasteiger partial charge in [-0.05, 0) is 86.2 Å². The van der Waals surface area contributed by atoms with E-state index in [0.29, 0.717) is 11.6 Å². The number of amides is 3. The molecule has 0 aliphatic carbocycles. The highest BCUT2D eigenvalue weighted by molar-refractivity contribution is 6.30. The van der Waals surface area contributed by atoms with Crippen LogP contribution < -0.4 is 26.6 Å². The molecular weight excluding hydrogens is 631 g/mol. The van der Waals surface area contributed by atoms with Crippen molar-refractivity contribution in [3.05, 3.63) is 99.1 Å². The lowest BCUT2D eigenvalue weighted by Gasteiger charge is -2.26. The van der Waals surface area contributed by atoms with Gasteiger partial charge < -0.3 is 26.6 Å². The third-order valence-electron chi connectivity index (χ3n) is 7.27. The van der Waals surface area contributed by atoms with Crippen LogP contribution in [0.1, 0.15) is 72.8 Å². The maximum atomic E-state index is 13.5. The summed E-state index contributed by atoms with van der Waals surface area (Å²) < 4.78 is 40.5. The van der Waals surface area contributed by atoms with E-state index in [2.05, 4.69) is 58.6 Å². The second-order valence-corrected chi connectivity index (χ2v) is 12.7. The molecule has 8 nitrogen and oxygen atoms in total. The number of carbonyl (C=O) groups is 3. The number of hydrogen-bond acceptors (Lipinski definition) is 5. The molecule has 0 saturated carbocycles. The van der Waals surface area contributed by atoms with E-state index in [1.54, 1.807) is 24.3 Å². The molecule has 3 amide bonds. The highest BCUT2D eigenvalue weighted by Crippen LogP contribution is 2.32. The largest absolute Gasteiger partial charge is 0.416 e. The van der Waals surface area contributed by atoms with Gasteiger partial charge in [0.1, 0.15) is 6.04 Å². The van der Waals surface area contributed by atoms with Crippen LogP contribution in [0, 0.1) is 0 Å². The van der Waals surface area contributed by atoms with Crippen LogP contribution in [0.3, 0.4) is 0 Å². The summed E-state index contributed by atoms with van der Waals surface area (Å²) in [4.78, 5) is 39.2. The first-order valence-corrected chi connectivity index (χ1v) is 15.9. The Morgan fingerprint density at radius 3 is 2.13 bits per heavy atom. The molecule has 5 N–H and O–H groups in total. The van der Waals surface area contributed by atoms with Gasteiger partial charge in [0.25, 0.3) is 5.91 Å². The Kier molecular flexibility index (Phi) is 13.2. The number of hydrogen-bond donors (Lipinski definition) is 5. The molecule has 3 aromatic carbocycles. The van der Waals surface area contributed by atoms with Gasteiger partial charge in [-0.3, -0.25) is 14.4 Å². The average molecular weight is 674 g/mol. The van der Waals surface area contributed by atoms with E-state index < -0.39 is 47.6 Å². The average Bonchev–Trinajstić information content (AvgIpc) is 3.01. The number of anilines is 1. The molecule has 0 fully saturated rings. The normalized spacial score (nSPS) is 12.3. The highest BCUT2D eigenvalue weighted by Gasteiger charge is 2.32. The second-order valence-electron chi connectivity index (χ2n) is 12.2. The van der Waals surface area contributed by atoms with Crippen molar-refractivity contribution in [2.24, 2.45) is 0 Å². The first-order valence-electron chi connectivity index (χ1n) is 15.5. The van der Waals surface area contributed by atoms with Crippen LogP contribution in [0.15, 0.2) is 60.7 Å². The fraction of sp³-hybridized carbons (Fsp3) is 0.400. The van der Waals surface area contributed by atoms with Crippen LogP contribution in [-0.4, -0.2) is 42.4 Å². The summed E-state index contributed by atoms with van der Waals surface area (Å²) >= 11 is 5.93. The Balaban J connectivity index is 1.70. The van der Waals surface area contributed by atoms with Gasteiger partial charge in [0, 0.05) is 35.9 Å². The van der Waals surface area contributed by atoms with Crippen molar-refractivity contribution < 1.29 is 27.6 Å². The van der Waals surface area contributed by atoms with E-state index in [1.165, 1.54) is 17.2 Å².